The van der Waals surface area contributed by atoms with Gasteiger partial charge in [-0.25, -0.2) is 4.98 Å². The van der Waals surface area contributed by atoms with E-state index in [9.17, 15) is 0 Å². The van der Waals surface area contributed by atoms with Crippen molar-refractivity contribution in [3.63, 3.8) is 0 Å². The molecule has 1 aromatic heterocycles. The van der Waals surface area contributed by atoms with Crippen molar-refractivity contribution in [1.29, 1.82) is 0 Å². The van der Waals surface area contributed by atoms with Gasteiger partial charge in [0.2, 0.25) is 0 Å². The zero-order valence-electron chi connectivity index (χ0n) is 14.8. The molecular formula is C19H24Cl2N2OS. The van der Waals surface area contributed by atoms with Crippen molar-refractivity contribution in [3.05, 3.63) is 59.1 Å². The van der Waals surface area contributed by atoms with Gasteiger partial charge in [0.15, 0.2) is 0 Å². The lowest BCUT2D eigenvalue weighted by Gasteiger charge is -2.20. The molecule has 136 valence electrons. The average molecular weight is 399 g/mol. The second kappa shape index (κ2) is 9.67. The smallest absolute Gasteiger partial charge is 0.0946 e. The number of aromatic nitrogens is 2. The Balaban J connectivity index is 1.95. The SMILES string of the molecule is CC(C)(C)c1ccc(SCC(Cn2ccnc2)OC/C(Cl)=C/Cl)cc1. The summed E-state index contributed by atoms with van der Waals surface area (Å²) in [5, 5.41) is 0.497. The molecule has 2 aromatic rings. The largest absolute Gasteiger partial charge is 0.370 e. The van der Waals surface area contributed by atoms with Crippen molar-refractivity contribution in [2.24, 2.45) is 0 Å². The monoisotopic (exact) mass is 398 g/mol. The second-order valence-corrected chi connectivity index (χ2v) is 8.63. The van der Waals surface area contributed by atoms with Crippen LogP contribution in [0.25, 0.3) is 0 Å². The van der Waals surface area contributed by atoms with Gasteiger partial charge in [0.25, 0.3) is 0 Å². The molecule has 6 heteroatoms. The molecule has 1 heterocycles. The van der Waals surface area contributed by atoms with E-state index in [1.54, 1.807) is 24.3 Å². The van der Waals surface area contributed by atoms with Crippen molar-refractivity contribution >= 4 is 35.0 Å². The number of hydrogen-bond donors (Lipinski definition) is 0. The van der Waals surface area contributed by atoms with Crippen molar-refractivity contribution in [3.8, 4) is 0 Å². The molecule has 0 spiro atoms. The predicted octanol–water partition coefficient (Wildman–Crippen LogP) is 5.68. The Hall–Kier alpha value is -0.940. The first-order valence-electron chi connectivity index (χ1n) is 8.14. The third-order valence-electron chi connectivity index (χ3n) is 3.71. The van der Waals surface area contributed by atoms with Crippen LogP contribution in [-0.2, 0) is 16.7 Å². The molecule has 1 aromatic carbocycles. The van der Waals surface area contributed by atoms with E-state index in [1.807, 2.05) is 10.8 Å². The van der Waals surface area contributed by atoms with E-state index in [0.29, 0.717) is 11.6 Å². The zero-order valence-corrected chi connectivity index (χ0v) is 17.1. The molecule has 0 aliphatic heterocycles. The van der Waals surface area contributed by atoms with Crippen LogP contribution in [-0.4, -0.2) is 28.0 Å². The number of thioether (sulfide) groups is 1. The molecule has 3 nitrogen and oxygen atoms in total. The molecule has 2 rings (SSSR count). The Morgan fingerprint density at radius 3 is 2.60 bits per heavy atom. The lowest BCUT2D eigenvalue weighted by atomic mass is 9.87. The molecule has 1 unspecified atom stereocenters. The van der Waals surface area contributed by atoms with Crippen LogP contribution in [0.15, 0.2) is 58.4 Å². The lowest BCUT2D eigenvalue weighted by molar-refractivity contribution is 0.0769. The van der Waals surface area contributed by atoms with Crippen LogP contribution >= 0.6 is 35.0 Å². The highest BCUT2D eigenvalue weighted by molar-refractivity contribution is 7.99. The van der Waals surface area contributed by atoms with Gasteiger partial charge in [-0.05, 0) is 23.1 Å². The maximum Gasteiger partial charge on any atom is 0.0946 e. The average Bonchev–Trinajstić information content (AvgIpc) is 3.09. The molecule has 0 saturated heterocycles. The van der Waals surface area contributed by atoms with Crippen LogP contribution in [0.5, 0.6) is 0 Å². The van der Waals surface area contributed by atoms with Gasteiger partial charge >= 0.3 is 0 Å². The molecule has 0 fully saturated rings. The molecule has 0 N–H and O–H groups in total. The third-order valence-corrected chi connectivity index (χ3v) is 5.44. The summed E-state index contributed by atoms with van der Waals surface area (Å²) in [6.45, 7) is 7.70. The number of halogens is 2. The lowest BCUT2D eigenvalue weighted by Crippen LogP contribution is -2.23. The second-order valence-electron chi connectivity index (χ2n) is 6.83. The summed E-state index contributed by atoms with van der Waals surface area (Å²) in [5.41, 5.74) is 2.84. The summed E-state index contributed by atoms with van der Waals surface area (Å²) in [4.78, 5) is 5.31. The van der Waals surface area contributed by atoms with E-state index in [-0.39, 0.29) is 11.5 Å². The highest BCUT2D eigenvalue weighted by Crippen LogP contribution is 2.26. The number of hydrogen-bond acceptors (Lipinski definition) is 3. The van der Waals surface area contributed by atoms with E-state index in [0.717, 1.165) is 12.3 Å². The number of benzene rings is 1. The summed E-state index contributed by atoms with van der Waals surface area (Å²) in [6.07, 6.45) is 5.49. The van der Waals surface area contributed by atoms with Gasteiger partial charge in [-0.2, -0.15) is 0 Å². The Bertz CT molecular complexity index is 664. The van der Waals surface area contributed by atoms with Gasteiger partial charge in [-0.1, -0.05) is 56.1 Å². The zero-order chi connectivity index (χ0) is 18.3. The summed E-state index contributed by atoms with van der Waals surface area (Å²) in [6, 6.07) is 8.73. The molecule has 0 saturated carbocycles. The number of ether oxygens (including phenoxy) is 1. The highest BCUT2D eigenvalue weighted by atomic mass is 35.5. The summed E-state index contributed by atoms with van der Waals surface area (Å²) in [5.74, 6) is 0.819. The van der Waals surface area contributed by atoms with Crippen LogP contribution in [0.4, 0.5) is 0 Å². The Kier molecular flexibility index (Phi) is 7.88. The van der Waals surface area contributed by atoms with Crippen molar-refractivity contribution in [1.82, 2.24) is 9.55 Å². The molecule has 0 bridgehead atoms. The minimum atomic E-state index is 0.00635. The first kappa shape index (κ1) is 20.4. The fourth-order valence-corrected chi connectivity index (χ4v) is 3.29. The van der Waals surface area contributed by atoms with Gasteiger partial charge in [0.05, 0.1) is 30.6 Å². The Labute approximate surface area is 164 Å². The van der Waals surface area contributed by atoms with Crippen LogP contribution in [0.3, 0.4) is 0 Å². The first-order valence-corrected chi connectivity index (χ1v) is 9.94. The van der Waals surface area contributed by atoms with Crippen molar-refractivity contribution in [2.75, 3.05) is 12.4 Å². The van der Waals surface area contributed by atoms with E-state index in [4.69, 9.17) is 27.9 Å². The molecular weight excluding hydrogens is 375 g/mol. The molecule has 0 radical (unpaired) electrons. The summed E-state index contributed by atoms with van der Waals surface area (Å²) in [7, 11) is 0. The van der Waals surface area contributed by atoms with Crippen LogP contribution in [0.2, 0.25) is 0 Å². The van der Waals surface area contributed by atoms with Gasteiger partial charge in [-0.3, -0.25) is 0 Å². The molecule has 25 heavy (non-hydrogen) atoms. The van der Waals surface area contributed by atoms with Crippen LogP contribution in [0.1, 0.15) is 26.3 Å². The van der Waals surface area contributed by atoms with Gasteiger partial charge in [-0.15, -0.1) is 11.8 Å². The highest BCUT2D eigenvalue weighted by Gasteiger charge is 2.14. The van der Waals surface area contributed by atoms with E-state index >= 15 is 0 Å². The predicted molar refractivity (Wildman–Crippen MR) is 108 cm³/mol. The van der Waals surface area contributed by atoms with Gasteiger partial charge < -0.3 is 9.30 Å². The quantitative estimate of drug-likeness (QED) is 0.535. The first-order chi connectivity index (χ1) is 11.9. The molecule has 0 aliphatic rings. The van der Waals surface area contributed by atoms with Gasteiger partial charge in [0.1, 0.15) is 0 Å². The van der Waals surface area contributed by atoms with E-state index < -0.39 is 0 Å². The van der Waals surface area contributed by atoms with Crippen molar-refractivity contribution < 1.29 is 4.74 Å². The number of nitrogens with zero attached hydrogens (tertiary/aromatic N) is 2. The normalized spacial score (nSPS) is 13.9. The fraction of sp³-hybridized carbons (Fsp3) is 0.421. The van der Waals surface area contributed by atoms with Crippen LogP contribution in [0, 0.1) is 0 Å². The Morgan fingerprint density at radius 2 is 2.04 bits per heavy atom. The number of rotatable bonds is 8. The third kappa shape index (κ3) is 7.06. The molecule has 1 atom stereocenters. The van der Waals surface area contributed by atoms with E-state index in [2.05, 4.69) is 50.0 Å². The maximum absolute atomic E-state index is 5.95. The molecule has 0 amide bonds. The minimum Gasteiger partial charge on any atom is -0.370 e. The van der Waals surface area contributed by atoms with Crippen molar-refractivity contribution in [2.45, 2.75) is 43.7 Å². The maximum atomic E-state index is 5.95. The standard InChI is InChI=1S/C19H24Cl2N2OS/c1-19(2,3)15-4-6-18(7-5-15)25-13-17(24-12-16(21)10-20)11-23-9-8-22-14-23/h4-10,14,17H,11-13H2,1-3H3/b16-10-. The fourth-order valence-electron chi connectivity index (χ4n) is 2.25. The van der Waals surface area contributed by atoms with Crippen LogP contribution < -0.4 is 0 Å². The summed E-state index contributed by atoms with van der Waals surface area (Å²) < 4.78 is 7.92. The van der Waals surface area contributed by atoms with Gasteiger partial charge in [0, 0.05) is 28.6 Å². The number of imidazole rings is 1. The minimum absolute atomic E-state index is 0.00635. The summed E-state index contributed by atoms with van der Waals surface area (Å²) >= 11 is 13.3. The molecule has 0 aliphatic carbocycles. The Morgan fingerprint density at radius 1 is 1.32 bits per heavy atom. The topological polar surface area (TPSA) is 27.1 Å². The van der Waals surface area contributed by atoms with E-state index in [1.165, 1.54) is 16.0 Å².